The predicted octanol–water partition coefficient (Wildman–Crippen LogP) is 0.431. The van der Waals surface area contributed by atoms with Gasteiger partial charge in [-0.15, -0.1) is 0 Å². The number of anilines is 1. The highest BCUT2D eigenvalue weighted by atomic mass is 19.4. The highest BCUT2D eigenvalue weighted by Crippen LogP contribution is 2.14. The minimum atomic E-state index is -4.40. The van der Waals surface area contributed by atoms with Gasteiger partial charge in [0.25, 0.3) is 5.56 Å². The molecule has 0 fully saturated rings. The fraction of sp³-hybridized carbons (Fsp3) is 0.429. The Morgan fingerprint density at radius 3 is 2.73 bits per heavy atom. The van der Waals surface area contributed by atoms with Crippen LogP contribution in [-0.4, -0.2) is 22.8 Å². The van der Waals surface area contributed by atoms with Crippen molar-refractivity contribution in [3.05, 3.63) is 22.2 Å². The van der Waals surface area contributed by atoms with Gasteiger partial charge in [0.15, 0.2) is 0 Å². The van der Waals surface area contributed by atoms with E-state index in [1.165, 1.54) is 0 Å². The first-order valence-corrected chi connectivity index (χ1v) is 3.87. The van der Waals surface area contributed by atoms with E-state index < -0.39 is 24.9 Å². The Labute approximate surface area is 82.1 Å². The second-order valence-electron chi connectivity index (χ2n) is 2.72. The molecule has 1 aromatic rings. The third-order valence-electron chi connectivity index (χ3n) is 1.32. The minimum absolute atomic E-state index is 0.0377. The first-order chi connectivity index (χ1) is 6.87. The molecule has 0 saturated heterocycles. The summed E-state index contributed by atoms with van der Waals surface area (Å²) in [7, 11) is 0. The Kier molecular flexibility index (Phi) is 3.30. The number of hydrogen-bond donors (Lipinski definition) is 2. The van der Waals surface area contributed by atoms with Crippen LogP contribution in [0.15, 0.2) is 10.9 Å². The molecular weight excluding hydrogens is 215 g/mol. The Balaban J connectivity index is 2.55. The number of nitrogen functional groups attached to an aromatic ring is 1. The summed E-state index contributed by atoms with van der Waals surface area (Å²) in [6.45, 7) is -1.84. The number of alkyl halides is 3. The molecule has 0 aliphatic carbocycles. The highest BCUT2D eigenvalue weighted by molar-refractivity contribution is 5.24. The summed E-state index contributed by atoms with van der Waals surface area (Å²) in [5, 5.41) is 0. The predicted molar refractivity (Wildman–Crippen MR) is 45.0 cm³/mol. The van der Waals surface area contributed by atoms with Crippen molar-refractivity contribution in [1.82, 2.24) is 9.97 Å². The van der Waals surface area contributed by atoms with Crippen LogP contribution in [0.5, 0.6) is 0 Å². The van der Waals surface area contributed by atoms with Gasteiger partial charge in [0, 0.05) is 6.07 Å². The van der Waals surface area contributed by atoms with Crippen molar-refractivity contribution in [2.45, 2.75) is 12.8 Å². The number of nitrogens with two attached hydrogens (primary N) is 1. The largest absolute Gasteiger partial charge is 0.411 e. The number of ether oxygens (including phenoxy) is 1. The van der Waals surface area contributed by atoms with E-state index >= 15 is 0 Å². The van der Waals surface area contributed by atoms with E-state index in [4.69, 9.17) is 5.73 Å². The smallest absolute Gasteiger partial charge is 0.383 e. The van der Waals surface area contributed by atoms with E-state index in [9.17, 15) is 18.0 Å². The summed E-state index contributed by atoms with van der Waals surface area (Å²) in [5.41, 5.74) is 4.67. The van der Waals surface area contributed by atoms with Gasteiger partial charge >= 0.3 is 6.18 Å². The van der Waals surface area contributed by atoms with Gasteiger partial charge in [0.2, 0.25) is 0 Å². The molecule has 3 N–H and O–H groups in total. The number of aromatic amines is 1. The molecule has 0 bridgehead atoms. The maximum atomic E-state index is 11.7. The molecule has 0 aliphatic heterocycles. The molecule has 0 saturated carbocycles. The lowest BCUT2D eigenvalue weighted by Gasteiger charge is -2.06. The monoisotopic (exact) mass is 223 g/mol. The molecule has 8 heteroatoms. The summed E-state index contributed by atoms with van der Waals surface area (Å²) >= 11 is 0. The molecule has 5 nitrogen and oxygen atoms in total. The van der Waals surface area contributed by atoms with Gasteiger partial charge in [-0.3, -0.25) is 4.79 Å². The Morgan fingerprint density at radius 2 is 2.20 bits per heavy atom. The molecule has 1 heterocycles. The lowest BCUT2D eigenvalue weighted by molar-refractivity contribution is -0.177. The van der Waals surface area contributed by atoms with Crippen molar-refractivity contribution >= 4 is 5.82 Å². The van der Waals surface area contributed by atoms with Gasteiger partial charge in [0.05, 0.1) is 0 Å². The molecule has 0 unspecified atom stereocenters. The van der Waals surface area contributed by atoms with Crippen LogP contribution < -0.4 is 11.3 Å². The van der Waals surface area contributed by atoms with Crippen molar-refractivity contribution in [3.8, 4) is 0 Å². The zero-order valence-corrected chi connectivity index (χ0v) is 7.47. The summed E-state index contributed by atoms with van der Waals surface area (Å²) in [5.74, 6) is -0.103. The van der Waals surface area contributed by atoms with Crippen LogP contribution in [-0.2, 0) is 11.3 Å². The fourth-order valence-electron chi connectivity index (χ4n) is 0.860. The van der Waals surface area contributed by atoms with Gasteiger partial charge in [-0.05, 0) is 0 Å². The van der Waals surface area contributed by atoms with E-state index in [-0.39, 0.29) is 11.6 Å². The average Bonchev–Trinajstić information content (AvgIpc) is 1.99. The number of H-pyrrole nitrogens is 1. The third-order valence-corrected chi connectivity index (χ3v) is 1.32. The number of hydrogen-bond acceptors (Lipinski definition) is 4. The van der Waals surface area contributed by atoms with Crippen LogP contribution in [0.2, 0.25) is 0 Å². The van der Waals surface area contributed by atoms with Gasteiger partial charge < -0.3 is 15.5 Å². The first-order valence-electron chi connectivity index (χ1n) is 3.87. The molecule has 84 valence electrons. The molecular formula is C7H8F3N3O2. The van der Waals surface area contributed by atoms with Crippen LogP contribution in [0.1, 0.15) is 5.82 Å². The SMILES string of the molecule is Nc1cc(=O)[nH]c(COCC(F)(F)F)n1. The van der Waals surface area contributed by atoms with E-state index in [1.807, 2.05) is 0 Å². The van der Waals surface area contributed by atoms with E-state index in [0.29, 0.717) is 0 Å². The fourth-order valence-corrected chi connectivity index (χ4v) is 0.860. The molecule has 1 aromatic heterocycles. The van der Waals surface area contributed by atoms with Crippen molar-refractivity contribution in [2.75, 3.05) is 12.3 Å². The molecule has 15 heavy (non-hydrogen) atoms. The topological polar surface area (TPSA) is 81.0 Å². The molecule has 0 aliphatic rings. The third kappa shape index (κ3) is 4.45. The normalized spacial score (nSPS) is 11.7. The van der Waals surface area contributed by atoms with Crippen molar-refractivity contribution in [1.29, 1.82) is 0 Å². The van der Waals surface area contributed by atoms with Crippen molar-refractivity contribution in [3.63, 3.8) is 0 Å². The summed E-state index contributed by atoms with van der Waals surface area (Å²) in [4.78, 5) is 16.6. The summed E-state index contributed by atoms with van der Waals surface area (Å²) in [6, 6.07) is 1.02. The van der Waals surface area contributed by atoms with Crippen LogP contribution in [0.4, 0.5) is 19.0 Å². The van der Waals surface area contributed by atoms with Crippen LogP contribution >= 0.6 is 0 Å². The molecule has 0 radical (unpaired) electrons. The molecule has 0 amide bonds. The van der Waals surface area contributed by atoms with E-state index in [2.05, 4.69) is 14.7 Å². The van der Waals surface area contributed by atoms with Gasteiger partial charge in [-0.25, -0.2) is 4.98 Å². The van der Waals surface area contributed by atoms with Crippen molar-refractivity contribution < 1.29 is 17.9 Å². The molecule has 0 atom stereocenters. The maximum absolute atomic E-state index is 11.7. The van der Waals surface area contributed by atoms with Gasteiger partial charge in [-0.1, -0.05) is 0 Å². The summed E-state index contributed by atoms with van der Waals surface area (Å²) in [6.07, 6.45) is -4.40. The number of aromatic nitrogens is 2. The van der Waals surface area contributed by atoms with E-state index in [1.54, 1.807) is 0 Å². The standard InChI is InChI=1S/C7H8F3N3O2/c8-7(9,10)3-15-2-5-12-4(11)1-6(14)13-5/h1H,2-3H2,(H3,11,12,13,14). The zero-order valence-electron chi connectivity index (χ0n) is 7.47. The zero-order chi connectivity index (χ0) is 11.5. The van der Waals surface area contributed by atoms with Crippen molar-refractivity contribution in [2.24, 2.45) is 0 Å². The maximum Gasteiger partial charge on any atom is 0.411 e. The van der Waals surface area contributed by atoms with Crippen LogP contribution in [0.3, 0.4) is 0 Å². The quantitative estimate of drug-likeness (QED) is 0.778. The van der Waals surface area contributed by atoms with E-state index in [0.717, 1.165) is 6.07 Å². The number of nitrogens with zero attached hydrogens (tertiary/aromatic N) is 1. The molecule has 1 rings (SSSR count). The lowest BCUT2D eigenvalue weighted by Crippen LogP contribution is -2.19. The van der Waals surface area contributed by atoms with Gasteiger partial charge in [0.1, 0.15) is 24.9 Å². The average molecular weight is 223 g/mol. The summed E-state index contributed by atoms with van der Waals surface area (Å²) < 4.78 is 39.3. The van der Waals surface area contributed by atoms with Crippen LogP contribution in [0, 0.1) is 0 Å². The Morgan fingerprint density at radius 1 is 1.53 bits per heavy atom. The highest BCUT2D eigenvalue weighted by Gasteiger charge is 2.27. The second kappa shape index (κ2) is 4.30. The van der Waals surface area contributed by atoms with Gasteiger partial charge in [-0.2, -0.15) is 13.2 Å². The number of halogens is 3. The lowest BCUT2D eigenvalue weighted by atomic mass is 10.5. The Bertz CT molecular complexity index is 388. The van der Waals surface area contributed by atoms with Crippen LogP contribution in [0.25, 0.3) is 0 Å². The first kappa shape index (κ1) is 11.5. The molecule has 0 aromatic carbocycles. The Hall–Kier alpha value is -1.57. The second-order valence-corrected chi connectivity index (χ2v) is 2.72. The minimum Gasteiger partial charge on any atom is -0.383 e. The molecule has 0 spiro atoms. The number of nitrogens with one attached hydrogen (secondary N) is 1. The number of rotatable bonds is 3.